The lowest BCUT2D eigenvalue weighted by Crippen LogP contribution is -1.87. The van der Waals surface area contributed by atoms with Gasteiger partial charge in [0, 0.05) is 6.42 Å². The number of benzene rings is 1. The topological polar surface area (TPSA) is 9.23 Å². The molecule has 0 unspecified atom stereocenters. The van der Waals surface area contributed by atoms with Crippen LogP contribution in [-0.2, 0) is 6.42 Å². The monoisotopic (exact) mass is 238 g/mol. The summed E-state index contributed by atoms with van der Waals surface area (Å²) in [5, 5.41) is 0. The van der Waals surface area contributed by atoms with Crippen molar-refractivity contribution in [2.24, 2.45) is 0 Å². The molecule has 0 spiro atoms. The molecule has 0 saturated heterocycles. The summed E-state index contributed by atoms with van der Waals surface area (Å²) in [6.45, 7) is 0. The Morgan fingerprint density at radius 3 is 2.85 bits per heavy atom. The van der Waals surface area contributed by atoms with Gasteiger partial charge >= 0.3 is 0 Å². The van der Waals surface area contributed by atoms with E-state index in [2.05, 4.69) is 21.9 Å². The van der Waals surface area contributed by atoms with E-state index in [4.69, 9.17) is 11.2 Å². The number of halogens is 1. The Balaban J connectivity index is 2.78. The Labute approximate surface area is 87.2 Å². The van der Waals surface area contributed by atoms with Gasteiger partial charge in [0.1, 0.15) is 5.75 Å². The maximum absolute atomic E-state index is 5.18. The molecule has 1 rings (SSSR count). The third-order valence-electron chi connectivity index (χ3n) is 1.77. The maximum atomic E-state index is 5.18. The normalized spacial score (nSPS) is 9.31. The number of aryl methyl sites for hydroxylation is 1. The highest BCUT2D eigenvalue weighted by Crippen LogP contribution is 2.25. The Bertz CT molecular complexity index is 325. The van der Waals surface area contributed by atoms with E-state index in [1.165, 1.54) is 5.56 Å². The minimum Gasteiger partial charge on any atom is -0.496 e. The van der Waals surface area contributed by atoms with Gasteiger partial charge in [-0.05, 0) is 40.0 Å². The van der Waals surface area contributed by atoms with Gasteiger partial charge in [0.05, 0.1) is 11.6 Å². The quantitative estimate of drug-likeness (QED) is 0.736. The van der Waals surface area contributed by atoms with Gasteiger partial charge < -0.3 is 4.74 Å². The Morgan fingerprint density at radius 2 is 2.31 bits per heavy atom. The molecule has 0 N–H and O–H groups in total. The molecule has 0 fully saturated rings. The summed E-state index contributed by atoms with van der Waals surface area (Å²) in [7, 11) is 1.65. The smallest absolute Gasteiger partial charge is 0.133 e. The van der Waals surface area contributed by atoms with E-state index in [0.717, 1.165) is 23.1 Å². The summed E-state index contributed by atoms with van der Waals surface area (Å²) in [5.41, 5.74) is 1.23. The van der Waals surface area contributed by atoms with Gasteiger partial charge in [-0.1, -0.05) is 6.07 Å². The van der Waals surface area contributed by atoms with E-state index in [1.54, 1.807) is 7.11 Å². The van der Waals surface area contributed by atoms with Crippen molar-refractivity contribution < 1.29 is 4.74 Å². The van der Waals surface area contributed by atoms with Crippen LogP contribution in [0.25, 0.3) is 0 Å². The minimum atomic E-state index is 0.777. The predicted molar refractivity (Wildman–Crippen MR) is 57.8 cm³/mol. The van der Waals surface area contributed by atoms with Gasteiger partial charge in [-0.3, -0.25) is 0 Å². The highest BCUT2D eigenvalue weighted by Gasteiger charge is 2.00. The summed E-state index contributed by atoms with van der Waals surface area (Å²) < 4.78 is 6.09. The highest BCUT2D eigenvalue weighted by molar-refractivity contribution is 9.10. The molecule has 1 nitrogen and oxygen atoms in total. The first-order valence-corrected chi connectivity index (χ1v) is 4.83. The molecule has 0 aliphatic rings. The molecular weight excluding hydrogens is 228 g/mol. The van der Waals surface area contributed by atoms with Crippen LogP contribution in [-0.4, -0.2) is 7.11 Å². The van der Waals surface area contributed by atoms with Crippen LogP contribution in [0.4, 0.5) is 0 Å². The average Bonchev–Trinajstić information content (AvgIpc) is 2.15. The van der Waals surface area contributed by atoms with Crippen LogP contribution in [0.2, 0.25) is 0 Å². The fourth-order valence-corrected chi connectivity index (χ4v) is 1.67. The van der Waals surface area contributed by atoms with Gasteiger partial charge in [-0.2, -0.15) is 0 Å². The summed E-state index contributed by atoms with van der Waals surface area (Å²) >= 11 is 3.42. The Kier molecular flexibility index (Phi) is 3.85. The molecule has 1 aromatic carbocycles. The highest BCUT2D eigenvalue weighted by atomic mass is 79.9. The molecule has 0 atom stereocenters. The van der Waals surface area contributed by atoms with Gasteiger partial charge in [-0.15, -0.1) is 12.3 Å². The van der Waals surface area contributed by atoms with Gasteiger partial charge in [0.2, 0.25) is 0 Å². The first kappa shape index (κ1) is 10.1. The first-order valence-electron chi connectivity index (χ1n) is 4.04. The summed E-state index contributed by atoms with van der Waals surface area (Å²) in [6, 6.07) is 6.01. The van der Waals surface area contributed by atoms with Crippen molar-refractivity contribution in [3.05, 3.63) is 28.2 Å². The third-order valence-corrected chi connectivity index (χ3v) is 2.39. The standard InChI is InChI=1S/C11H11BrO/c1-3-4-5-9-6-7-11(13-2)10(12)8-9/h1,6-8H,4-5H2,2H3. The molecule has 2 heteroatoms. The van der Waals surface area contributed by atoms with Crippen molar-refractivity contribution in [3.63, 3.8) is 0 Å². The minimum absolute atomic E-state index is 0.777. The Morgan fingerprint density at radius 1 is 1.54 bits per heavy atom. The number of terminal acetylenes is 1. The molecule has 1 aromatic rings. The van der Waals surface area contributed by atoms with E-state index in [0.29, 0.717) is 0 Å². The maximum Gasteiger partial charge on any atom is 0.133 e. The summed E-state index contributed by atoms with van der Waals surface area (Å²) in [4.78, 5) is 0. The van der Waals surface area contributed by atoms with Crippen LogP contribution in [0.3, 0.4) is 0 Å². The van der Waals surface area contributed by atoms with E-state index in [-0.39, 0.29) is 0 Å². The van der Waals surface area contributed by atoms with Crippen molar-refractivity contribution in [2.45, 2.75) is 12.8 Å². The lowest BCUT2D eigenvalue weighted by atomic mass is 10.1. The van der Waals surface area contributed by atoms with E-state index in [1.807, 2.05) is 18.2 Å². The third kappa shape index (κ3) is 2.78. The molecule has 13 heavy (non-hydrogen) atoms. The van der Waals surface area contributed by atoms with Gasteiger partial charge in [0.15, 0.2) is 0 Å². The fourth-order valence-electron chi connectivity index (χ4n) is 1.08. The summed E-state index contributed by atoms with van der Waals surface area (Å²) in [6.07, 6.45) is 6.88. The average molecular weight is 239 g/mol. The lowest BCUT2D eigenvalue weighted by molar-refractivity contribution is 0.412. The van der Waals surface area contributed by atoms with Crippen molar-refractivity contribution >= 4 is 15.9 Å². The second kappa shape index (κ2) is 4.94. The van der Waals surface area contributed by atoms with Crippen molar-refractivity contribution in [2.75, 3.05) is 7.11 Å². The first-order chi connectivity index (χ1) is 6.27. The van der Waals surface area contributed by atoms with Crippen LogP contribution >= 0.6 is 15.9 Å². The second-order valence-corrected chi connectivity index (χ2v) is 3.53. The zero-order chi connectivity index (χ0) is 9.68. The molecule has 0 aliphatic carbocycles. The second-order valence-electron chi connectivity index (χ2n) is 2.67. The largest absolute Gasteiger partial charge is 0.496 e. The zero-order valence-electron chi connectivity index (χ0n) is 7.51. The number of methoxy groups -OCH3 is 1. The molecule has 0 radical (unpaired) electrons. The molecule has 0 amide bonds. The van der Waals surface area contributed by atoms with Crippen LogP contribution in [0.1, 0.15) is 12.0 Å². The SMILES string of the molecule is C#CCCc1ccc(OC)c(Br)c1. The number of hydrogen-bond donors (Lipinski definition) is 0. The predicted octanol–water partition coefficient (Wildman–Crippen LogP) is 3.02. The fraction of sp³-hybridized carbons (Fsp3) is 0.273. The molecule has 68 valence electrons. The summed E-state index contributed by atoms with van der Waals surface area (Å²) in [5.74, 6) is 3.47. The van der Waals surface area contributed by atoms with Crippen LogP contribution in [0.15, 0.2) is 22.7 Å². The van der Waals surface area contributed by atoms with E-state index in [9.17, 15) is 0 Å². The number of hydrogen-bond acceptors (Lipinski definition) is 1. The number of rotatable bonds is 3. The van der Waals surface area contributed by atoms with Crippen molar-refractivity contribution in [3.8, 4) is 18.1 Å². The lowest BCUT2D eigenvalue weighted by Gasteiger charge is -2.04. The molecule has 0 bridgehead atoms. The molecule has 0 aromatic heterocycles. The van der Waals surface area contributed by atoms with Crippen LogP contribution < -0.4 is 4.74 Å². The van der Waals surface area contributed by atoms with E-state index < -0.39 is 0 Å². The Hall–Kier alpha value is -0.940. The van der Waals surface area contributed by atoms with Gasteiger partial charge in [0.25, 0.3) is 0 Å². The molecule has 0 aliphatic heterocycles. The number of ether oxygens (including phenoxy) is 1. The van der Waals surface area contributed by atoms with Crippen molar-refractivity contribution in [1.29, 1.82) is 0 Å². The van der Waals surface area contributed by atoms with Crippen LogP contribution in [0.5, 0.6) is 5.75 Å². The molecule has 0 heterocycles. The van der Waals surface area contributed by atoms with Crippen LogP contribution in [0, 0.1) is 12.3 Å². The molecular formula is C11H11BrO. The molecule has 0 saturated carbocycles. The van der Waals surface area contributed by atoms with Crippen molar-refractivity contribution in [1.82, 2.24) is 0 Å². The van der Waals surface area contributed by atoms with Gasteiger partial charge in [-0.25, -0.2) is 0 Å². The zero-order valence-corrected chi connectivity index (χ0v) is 9.10. The van der Waals surface area contributed by atoms with E-state index >= 15 is 0 Å².